The number of hydrogen-bond acceptors (Lipinski definition) is 21. The summed E-state index contributed by atoms with van der Waals surface area (Å²) in [6.07, 6.45) is 9.71. The maximum atomic E-state index is 11.8. The van der Waals surface area contributed by atoms with Crippen molar-refractivity contribution in [2.75, 3.05) is 50.4 Å². The minimum Gasteiger partial charge on any atom is -0.508 e. The lowest BCUT2D eigenvalue weighted by Gasteiger charge is -2.11. The number of benzene rings is 2. The molecular formula is C40H38Br2N10O11S2. The number of phenolic OH excluding ortho intramolecular Hbond substituents is 1. The molecule has 0 amide bonds. The van der Waals surface area contributed by atoms with Crippen molar-refractivity contribution in [1.82, 2.24) is 29.9 Å². The summed E-state index contributed by atoms with van der Waals surface area (Å²) in [5.74, 6) is 0.623. The number of thioether (sulfide) groups is 2. The molecule has 0 saturated heterocycles. The Kier molecular flexibility index (Phi) is 20.2. The number of nitrogens with two attached hydrogens (primary N) is 2. The summed E-state index contributed by atoms with van der Waals surface area (Å²) in [7, 11) is 2.48. The summed E-state index contributed by atoms with van der Waals surface area (Å²) in [4.78, 5) is 69.0. The van der Waals surface area contributed by atoms with Crippen LogP contribution in [0, 0.1) is 20.2 Å². The zero-order valence-electron chi connectivity index (χ0n) is 34.2. The Morgan fingerprint density at radius 2 is 1.20 bits per heavy atom. The number of methoxy groups -OCH3 is 2. The molecule has 65 heavy (non-hydrogen) atoms. The normalized spacial score (nSPS) is 10.4. The molecule has 6 aromatic rings. The van der Waals surface area contributed by atoms with Gasteiger partial charge in [0.15, 0.2) is 23.0 Å². The molecule has 0 atom stereocenters. The first-order valence-electron chi connectivity index (χ1n) is 18.5. The van der Waals surface area contributed by atoms with Gasteiger partial charge in [-0.2, -0.15) is 0 Å². The maximum Gasteiger partial charge on any atom is 0.360 e. The Balaban J connectivity index is 0.000000237. The van der Waals surface area contributed by atoms with E-state index in [0.29, 0.717) is 73.5 Å². The van der Waals surface area contributed by atoms with E-state index in [4.69, 9.17) is 21.3 Å². The molecule has 0 unspecified atom stereocenters. The zero-order valence-corrected chi connectivity index (χ0v) is 39.0. The van der Waals surface area contributed by atoms with Crippen LogP contribution >= 0.6 is 55.4 Å². The summed E-state index contributed by atoms with van der Waals surface area (Å²) >= 11 is 9.54. The third kappa shape index (κ3) is 15.0. The number of hydrogen-bond donors (Lipinski definition) is 4. The summed E-state index contributed by atoms with van der Waals surface area (Å²) in [5, 5.41) is 39.7. The van der Waals surface area contributed by atoms with Crippen molar-refractivity contribution in [2.45, 2.75) is 22.6 Å². The number of ether oxygens (including phenoxy) is 3. The quantitative estimate of drug-likeness (QED) is 0.0238. The van der Waals surface area contributed by atoms with Gasteiger partial charge in [0.1, 0.15) is 23.9 Å². The number of carbonyl (C=O) groups is 2. The number of phenols is 1. The summed E-state index contributed by atoms with van der Waals surface area (Å²) in [5.41, 5.74) is 13.3. The molecular weight excluding hydrogens is 1020 g/mol. The van der Waals surface area contributed by atoms with Gasteiger partial charge in [-0.3, -0.25) is 30.2 Å². The third-order valence-electron chi connectivity index (χ3n) is 8.09. The Labute approximate surface area is 395 Å². The number of esters is 2. The van der Waals surface area contributed by atoms with Crippen LogP contribution in [0.15, 0.2) is 104 Å². The average Bonchev–Trinajstić information content (AvgIpc) is 3.30. The molecule has 0 bridgehead atoms. The van der Waals surface area contributed by atoms with E-state index in [0.717, 1.165) is 4.47 Å². The van der Waals surface area contributed by atoms with Crippen molar-refractivity contribution in [3.05, 3.63) is 126 Å². The van der Waals surface area contributed by atoms with E-state index in [1.54, 1.807) is 36.4 Å². The van der Waals surface area contributed by atoms with E-state index in [2.05, 4.69) is 71.2 Å². The van der Waals surface area contributed by atoms with Crippen molar-refractivity contribution in [1.29, 1.82) is 0 Å². The van der Waals surface area contributed by atoms with Gasteiger partial charge in [-0.05, 0) is 61.4 Å². The molecule has 0 spiro atoms. The summed E-state index contributed by atoms with van der Waals surface area (Å²) in [6.45, 7) is 0.514. The molecule has 25 heteroatoms. The number of aromatic hydroxyl groups is 1. The summed E-state index contributed by atoms with van der Waals surface area (Å²) in [6, 6.07) is 13.3. The van der Waals surface area contributed by atoms with Crippen LogP contribution in [0.4, 0.5) is 23.0 Å². The van der Waals surface area contributed by atoms with Crippen LogP contribution in [0.25, 0.3) is 22.5 Å². The molecule has 0 aliphatic rings. The number of nitrogen functional groups attached to an aromatic ring is 2. The molecule has 0 aliphatic heterocycles. The van der Waals surface area contributed by atoms with Gasteiger partial charge in [0.2, 0.25) is 0 Å². The highest BCUT2D eigenvalue weighted by atomic mass is 79.9. The van der Waals surface area contributed by atoms with Crippen LogP contribution in [0.1, 0.15) is 33.8 Å². The van der Waals surface area contributed by atoms with E-state index in [1.165, 1.54) is 87.1 Å². The maximum absolute atomic E-state index is 11.8. The number of pyridine rings is 2. The minimum atomic E-state index is -0.674. The number of aliphatic hydroxyl groups excluding tert-OH is 1. The lowest BCUT2D eigenvalue weighted by Crippen LogP contribution is -2.10. The molecule has 4 aromatic heterocycles. The second kappa shape index (κ2) is 25.7. The standard InChI is InChI=1S/C20H18BrN5O5S.C12H10BrN3O3.C8H10N2O3S/c1-30-20(27)18-19(22)24-10-15(25-18)13-9-12(3-4-14(13)21)31-7-2-8-32-17-5-6-23-11-16(17)26(28)29;1-19-12(18)10-11(14)15-5-9(16-10)7-4-6(17)2-3-8(7)13;11-4-1-5-14-8-2-3-9-6-7(8)10(12)13/h3-6,9-11H,2,7-8H2,1H3,(H2,22,24);2-5,17H,1H3,(H2,14,15);2-3,6,11H,1,4-5H2. The number of rotatable bonds is 16. The molecule has 21 nitrogen and oxygen atoms in total. The van der Waals surface area contributed by atoms with E-state index in [-0.39, 0.29) is 46.8 Å². The highest BCUT2D eigenvalue weighted by molar-refractivity contribution is 9.11. The van der Waals surface area contributed by atoms with Gasteiger partial charge >= 0.3 is 23.3 Å². The zero-order chi connectivity index (χ0) is 47.5. The van der Waals surface area contributed by atoms with Crippen molar-refractivity contribution in [3.63, 3.8) is 0 Å². The van der Waals surface area contributed by atoms with Crippen molar-refractivity contribution < 1.29 is 43.9 Å². The first-order chi connectivity index (χ1) is 31.2. The molecule has 6 N–H and O–H groups in total. The van der Waals surface area contributed by atoms with Gasteiger partial charge in [0, 0.05) is 50.6 Å². The van der Waals surface area contributed by atoms with Gasteiger partial charge in [-0.25, -0.2) is 29.5 Å². The van der Waals surface area contributed by atoms with Crippen LogP contribution in [0.3, 0.4) is 0 Å². The number of carbonyl (C=O) groups excluding carboxylic acids is 2. The molecule has 6 rings (SSSR count). The molecule has 2 aromatic carbocycles. The van der Waals surface area contributed by atoms with E-state index in [1.807, 2.05) is 0 Å². The average molecular weight is 1060 g/mol. The van der Waals surface area contributed by atoms with Crippen molar-refractivity contribution in [3.8, 4) is 34.0 Å². The fraction of sp³-hybridized carbons (Fsp3) is 0.200. The number of aromatic nitrogens is 6. The fourth-order valence-electron chi connectivity index (χ4n) is 4.99. The number of nitrogens with zero attached hydrogens (tertiary/aromatic N) is 8. The highest BCUT2D eigenvalue weighted by Crippen LogP contribution is 2.33. The first-order valence-corrected chi connectivity index (χ1v) is 22.1. The second-order valence-corrected chi connectivity index (χ2v) is 16.4. The van der Waals surface area contributed by atoms with Crippen LogP contribution in [0.2, 0.25) is 0 Å². The van der Waals surface area contributed by atoms with Crippen molar-refractivity contribution >= 4 is 90.3 Å². The fourth-order valence-corrected chi connectivity index (χ4v) is 7.73. The van der Waals surface area contributed by atoms with Gasteiger partial charge in [0.25, 0.3) is 0 Å². The Bertz CT molecular complexity index is 2640. The highest BCUT2D eigenvalue weighted by Gasteiger charge is 2.19. The molecule has 4 heterocycles. The lowest BCUT2D eigenvalue weighted by molar-refractivity contribution is -0.388. The number of nitro groups is 2. The van der Waals surface area contributed by atoms with Crippen LogP contribution in [-0.2, 0) is 9.47 Å². The minimum absolute atomic E-state index is 0.00750. The first kappa shape index (κ1) is 51.1. The SMILES string of the molecule is COC(=O)c1nc(-c2cc(O)ccc2Br)cnc1N.COC(=O)c1nc(-c2cc(OCCCSc3ccncc3[N+](=O)[O-])ccc2Br)cnc1N.O=[N+]([O-])c1cnccc1SCCCO. The second-order valence-electron chi connectivity index (χ2n) is 12.4. The monoisotopic (exact) mass is 1060 g/mol. The predicted molar refractivity (Wildman–Crippen MR) is 249 cm³/mol. The molecule has 0 aliphatic carbocycles. The smallest absolute Gasteiger partial charge is 0.360 e. The van der Waals surface area contributed by atoms with Crippen LogP contribution in [-0.4, -0.2) is 101 Å². The van der Waals surface area contributed by atoms with Gasteiger partial charge < -0.3 is 35.9 Å². The number of halogens is 2. The topological polar surface area (TPSA) is 318 Å². The molecule has 0 saturated carbocycles. The van der Waals surface area contributed by atoms with Crippen LogP contribution in [0.5, 0.6) is 11.5 Å². The van der Waals surface area contributed by atoms with E-state index < -0.39 is 21.8 Å². The molecule has 340 valence electrons. The van der Waals surface area contributed by atoms with Gasteiger partial charge in [-0.1, -0.05) is 31.9 Å². The Morgan fingerprint density at radius 1 is 0.723 bits per heavy atom. The lowest BCUT2D eigenvalue weighted by atomic mass is 10.1. The molecule has 0 fully saturated rings. The molecule has 0 radical (unpaired) electrons. The Morgan fingerprint density at radius 3 is 1.68 bits per heavy atom. The Hall–Kier alpha value is -6.54. The van der Waals surface area contributed by atoms with E-state index in [9.17, 15) is 34.9 Å². The predicted octanol–water partition coefficient (Wildman–Crippen LogP) is 7.58. The van der Waals surface area contributed by atoms with Crippen molar-refractivity contribution in [2.24, 2.45) is 0 Å². The van der Waals surface area contributed by atoms with E-state index >= 15 is 0 Å². The number of anilines is 2. The number of aliphatic hydroxyl groups is 1. The van der Waals surface area contributed by atoms with Gasteiger partial charge in [-0.15, -0.1) is 23.5 Å². The summed E-state index contributed by atoms with van der Waals surface area (Å²) < 4.78 is 16.5. The van der Waals surface area contributed by atoms with Crippen LogP contribution < -0.4 is 16.2 Å². The largest absolute Gasteiger partial charge is 0.508 e. The third-order valence-corrected chi connectivity index (χ3v) is 11.8. The van der Waals surface area contributed by atoms with Gasteiger partial charge in [0.05, 0.1) is 64.2 Å².